The average molecular weight is 530 g/mol. The Hall–Kier alpha value is -0.580. The van der Waals surface area contributed by atoms with Crippen molar-refractivity contribution in [2.45, 2.75) is 36.5 Å². The average Bonchev–Trinajstić information content (AvgIpc) is 3.42. The molecule has 3 N–H and O–H groups in total. The van der Waals surface area contributed by atoms with Gasteiger partial charge in [-0.05, 0) is 0 Å². The smallest absolute Gasteiger partial charge is 0.378 e. The van der Waals surface area contributed by atoms with E-state index in [1.165, 1.54) is 11.8 Å². The van der Waals surface area contributed by atoms with E-state index in [1.807, 2.05) is 4.57 Å². The number of anilines is 1. The Morgan fingerprint density at radius 1 is 1.19 bits per heavy atom. The van der Waals surface area contributed by atoms with Crippen LogP contribution in [0.5, 0.6) is 0 Å². The van der Waals surface area contributed by atoms with Gasteiger partial charge in [-0.2, -0.15) is 9.97 Å². The maximum Gasteiger partial charge on any atom is 0.378 e. The molecule has 6 atom stereocenters. The third-order valence-corrected chi connectivity index (χ3v) is 10.4. The summed E-state index contributed by atoms with van der Waals surface area (Å²) < 4.78 is 35.0. The number of nitrogen functional groups attached to an aromatic ring is 1. The van der Waals surface area contributed by atoms with Crippen molar-refractivity contribution in [2.24, 2.45) is 0 Å². The third kappa shape index (κ3) is 6.95. The monoisotopic (exact) mass is 529 g/mol. The number of thioether (sulfide) groups is 2. The molecule has 0 aromatic carbocycles. The number of nitrogens with two attached hydrogens (primary N) is 1. The quantitative estimate of drug-likeness (QED) is 0.434. The number of halogens is 1. The molecular weight excluding hydrogens is 504 g/mol. The standard InChI is InChI=1S/C10H12ClN5O2PS.C5H10O3PS.CH4/c1-19(17)10-18-5(3-20-10)2-16-4-13-6-7(11)14-9(12)15-8(6)16;1-9(7)5-8-4(2-6)3-10-5;/h4-5,10H,2-3H2,1H3,(H2,12,14,15);4-6H,2-3H2,1H3;1H4/q2*+1;. The van der Waals surface area contributed by atoms with Crippen LogP contribution in [0.3, 0.4) is 0 Å². The lowest BCUT2D eigenvalue weighted by molar-refractivity contribution is 0.0542. The first kappa shape index (κ1) is 26.7. The maximum absolute atomic E-state index is 11.4. The van der Waals surface area contributed by atoms with Crippen molar-refractivity contribution in [1.29, 1.82) is 0 Å². The number of imidazole rings is 1. The van der Waals surface area contributed by atoms with Crippen LogP contribution in [0.15, 0.2) is 6.33 Å². The van der Waals surface area contributed by atoms with Crippen LogP contribution < -0.4 is 5.73 Å². The number of hydrogen-bond donors (Lipinski definition) is 2. The molecule has 0 aliphatic carbocycles. The number of aliphatic hydroxyl groups excluding tert-OH is 1. The van der Waals surface area contributed by atoms with E-state index in [2.05, 4.69) is 15.0 Å². The van der Waals surface area contributed by atoms with Gasteiger partial charge in [-0.3, -0.25) is 0 Å². The van der Waals surface area contributed by atoms with Crippen LogP contribution in [0.2, 0.25) is 5.15 Å². The van der Waals surface area contributed by atoms with Gasteiger partial charge in [0.15, 0.2) is 10.8 Å². The second kappa shape index (κ2) is 12.0. The molecule has 4 heterocycles. The molecule has 2 fully saturated rings. The van der Waals surface area contributed by atoms with E-state index < -0.39 is 15.6 Å². The molecule has 2 aromatic rings. The lowest BCUT2D eigenvalue weighted by atomic mass is 10.4. The molecule has 10 nitrogen and oxygen atoms in total. The van der Waals surface area contributed by atoms with E-state index in [1.54, 1.807) is 31.4 Å². The van der Waals surface area contributed by atoms with Gasteiger partial charge in [0.1, 0.15) is 18.8 Å². The summed E-state index contributed by atoms with van der Waals surface area (Å²) in [4.78, 5) is 12.2. The fraction of sp³-hybridized carbons (Fsp3) is 0.688. The van der Waals surface area contributed by atoms with Crippen molar-refractivity contribution < 1.29 is 23.7 Å². The predicted molar refractivity (Wildman–Crippen MR) is 128 cm³/mol. The Morgan fingerprint density at radius 2 is 1.77 bits per heavy atom. The summed E-state index contributed by atoms with van der Waals surface area (Å²) in [6, 6.07) is 0. The maximum atomic E-state index is 11.4. The van der Waals surface area contributed by atoms with Crippen LogP contribution in [0.25, 0.3) is 11.2 Å². The lowest BCUT2D eigenvalue weighted by Crippen LogP contribution is -2.18. The van der Waals surface area contributed by atoms with Gasteiger partial charge in [0.05, 0.1) is 31.7 Å². The predicted octanol–water partition coefficient (Wildman–Crippen LogP) is 3.42. The minimum Gasteiger partial charge on any atom is -0.394 e. The number of ether oxygens (including phenoxy) is 2. The van der Waals surface area contributed by atoms with E-state index >= 15 is 0 Å². The fourth-order valence-electron chi connectivity index (χ4n) is 2.72. The van der Waals surface area contributed by atoms with Crippen molar-refractivity contribution >= 4 is 67.8 Å². The van der Waals surface area contributed by atoms with Crippen molar-refractivity contribution in [2.75, 3.05) is 37.2 Å². The molecule has 4 rings (SSSR count). The van der Waals surface area contributed by atoms with Gasteiger partial charge in [-0.25, -0.2) is 4.98 Å². The van der Waals surface area contributed by atoms with E-state index in [4.69, 9.17) is 31.9 Å². The van der Waals surface area contributed by atoms with Crippen LogP contribution in [0.1, 0.15) is 7.43 Å². The second-order valence-corrected chi connectivity index (χ2v) is 12.9. The highest BCUT2D eigenvalue weighted by Crippen LogP contribution is 2.41. The van der Waals surface area contributed by atoms with Gasteiger partial charge >= 0.3 is 26.0 Å². The van der Waals surface area contributed by atoms with Crippen molar-refractivity contribution in [1.82, 2.24) is 19.5 Å². The molecular formula is C16H26ClN5O5P2S2+2. The molecule has 172 valence electrons. The highest BCUT2D eigenvalue weighted by atomic mass is 35.5. The molecule has 0 radical (unpaired) electrons. The first-order valence-corrected chi connectivity index (χ1v) is 14.9. The summed E-state index contributed by atoms with van der Waals surface area (Å²) in [5, 5.41) is 8.45. The van der Waals surface area contributed by atoms with Crippen molar-refractivity contribution in [3.8, 4) is 0 Å². The summed E-state index contributed by atoms with van der Waals surface area (Å²) >= 11 is 9.06. The van der Waals surface area contributed by atoms with Gasteiger partial charge in [-0.15, -0.1) is 0 Å². The van der Waals surface area contributed by atoms with Gasteiger partial charge in [0, 0.05) is 11.5 Å². The highest BCUT2D eigenvalue weighted by Gasteiger charge is 2.37. The fourth-order valence-corrected chi connectivity index (χ4v) is 7.42. The summed E-state index contributed by atoms with van der Waals surface area (Å²) in [6.45, 7) is 3.92. The van der Waals surface area contributed by atoms with E-state index in [0.717, 1.165) is 11.5 Å². The van der Waals surface area contributed by atoms with Gasteiger partial charge in [-0.1, -0.05) is 51.7 Å². The molecule has 0 bridgehead atoms. The number of aromatic nitrogens is 4. The number of nitrogens with zero attached hydrogens (tertiary/aromatic N) is 4. The zero-order valence-electron chi connectivity index (χ0n) is 16.3. The number of fused-ring (bicyclic) bond motifs is 1. The van der Waals surface area contributed by atoms with E-state index in [9.17, 15) is 9.13 Å². The largest absolute Gasteiger partial charge is 0.394 e. The van der Waals surface area contributed by atoms with Gasteiger partial charge < -0.3 is 24.9 Å². The zero-order valence-corrected chi connectivity index (χ0v) is 20.4. The Bertz CT molecular complexity index is 939. The molecule has 6 unspecified atom stereocenters. The van der Waals surface area contributed by atoms with Crippen LogP contribution in [-0.2, 0) is 25.1 Å². The molecule has 2 saturated heterocycles. The highest BCUT2D eigenvalue weighted by molar-refractivity contribution is 8.04. The van der Waals surface area contributed by atoms with E-state index in [-0.39, 0.29) is 47.7 Å². The van der Waals surface area contributed by atoms with Crippen LogP contribution in [-0.4, -0.2) is 78.6 Å². The van der Waals surface area contributed by atoms with Crippen LogP contribution in [0, 0.1) is 0 Å². The van der Waals surface area contributed by atoms with Crippen LogP contribution >= 0.6 is 50.7 Å². The Balaban J connectivity index is 0.000000264. The minimum absolute atomic E-state index is 0. The first-order chi connectivity index (χ1) is 14.3. The van der Waals surface area contributed by atoms with Gasteiger partial charge in [0.2, 0.25) is 5.95 Å². The Morgan fingerprint density at radius 3 is 2.29 bits per heavy atom. The van der Waals surface area contributed by atoms with Crippen molar-refractivity contribution in [3.05, 3.63) is 11.5 Å². The second-order valence-electron chi connectivity index (χ2n) is 6.51. The zero-order chi connectivity index (χ0) is 21.8. The normalized spacial score (nSPS) is 26.2. The third-order valence-electron chi connectivity index (χ3n) is 4.10. The molecule has 0 spiro atoms. The van der Waals surface area contributed by atoms with E-state index in [0.29, 0.717) is 17.7 Å². The summed E-state index contributed by atoms with van der Waals surface area (Å²) in [7, 11) is -2.59. The summed E-state index contributed by atoms with van der Waals surface area (Å²) in [5.41, 5.74) is 6.70. The molecule has 31 heavy (non-hydrogen) atoms. The van der Waals surface area contributed by atoms with Gasteiger partial charge in [0.25, 0.3) is 0 Å². The molecule has 0 amide bonds. The summed E-state index contributed by atoms with van der Waals surface area (Å²) in [6.07, 6.45) is 1.50. The Kier molecular flexibility index (Phi) is 10.4. The Labute approximate surface area is 196 Å². The van der Waals surface area contributed by atoms with Crippen LogP contribution in [0.4, 0.5) is 5.95 Å². The molecule has 2 aromatic heterocycles. The summed E-state index contributed by atoms with van der Waals surface area (Å²) in [5.74, 6) is 1.66. The lowest BCUT2D eigenvalue weighted by Gasteiger charge is -2.09. The molecule has 0 saturated carbocycles. The molecule has 2 aliphatic rings. The molecule has 15 heteroatoms. The first-order valence-electron chi connectivity index (χ1n) is 8.87. The number of aliphatic hydroxyl groups is 1. The van der Waals surface area contributed by atoms with Crippen molar-refractivity contribution in [3.63, 3.8) is 0 Å². The topological polar surface area (TPSA) is 142 Å². The molecule has 2 aliphatic heterocycles. The number of hydrogen-bond acceptors (Lipinski definition) is 11. The minimum atomic E-state index is -1.34. The SMILES string of the molecule is C.C[P+](=O)C1OC(CO)CS1.C[P+](=O)C1OC(Cn2cnc3c(Cl)nc(N)nc32)CS1. The number of rotatable bonds is 5.